The van der Waals surface area contributed by atoms with Crippen LogP contribution in [0.15, 0.2) is 10.8 Å². The maximum Gasteiger partial charge on any atom is 0.232 e. The first-order chi connectivity index (χ1) is 19.8. The van der Waals surface area contributed by atoms with Crippen molar-refractivity contribution in [3.8, 4) is 96.5 Å². The van der Waals surface area contributed by atoms with Crippen molar-refractivity contribution in [3.05, 3.63) is 10.8 Å². The van der Waals surface area contributed by atoms with Crippen molar-refractivity contribution in [3.63, 3.8) is 0 Å². The van der Waals surface area contributed by atoms with Gasteiger partial charge in [0.25, 0.3) is 0 Å². The third-order valence-corrected chi connectivity index (χ3v) is 11.9. The molecule has 0 fully saturated rings. The predicted octanol–water partition coefficient (Wildman–Crippen LogP) is 7.31. The second-order valence-corrected chi connectivity index (χ2v) is 13.5. The maximum absolute atomic E-state index is 6.11. The van der Waals surface area contributed by atoms with Gasteiger partial charge in [0.2, 0.25) is 59.3 Å². The third-order valence-electron chi connectivity index (χ3n) is 6.86. The third kappa shape index (κ3) is 2.85. The van der Waals surface area contributed by atoms with Gasteiger partial charge >= 0.3 is 0 Å². The van der Waals surface area contributed by atoms with E-state index < -0.39 is 0 Å². The molecule has 5 aliphatic heterocycles. The average Bonchev–Trinajstić information content (AvgIpc) is 3.78. The molecular weight excluding hydrogens is 621 g/mol. The molecular formula is C25H12O10S5. The molecule has 0 saturated heterocycles. The van der Waals surface area contributed by atoms with E-state index in [1.54, 1.807) is 0 Å². The molecule has 0 saturated carbocycles. The summed E-state index contributed by atoms with van der Waals surface area (Å²) in [6.07, 6.45) is 0. The fourth-order valence-corrected chi connectivity index (χ4v) is 10.5. The molecule has 0 N–H and O–H groups in total. The number of hydrogen-bond acceptors (Lipinski definition) is 15. The summed E-state index contributed by atoms with van der Waals surface area (Å²) in [6.45, 7) is 0.814. The van der Waals surface area contributed by atoms with Crippen LogP contribution in [0.1, 0.15) is 0 Å². The van der Waals surface area contributed by atoms with Gasteiger partial charge in [-0.25, -0.2) is 0 Å². The number of hydrogen-bond donors (Lipinski definition) is 0. The van der Waals surface area contributed by atoms with Crippen LogP contribution in [-0.2, 0) is 0 Å². The molecule has 40 heavy (non-hydrogen) atoms. The van der Waals surface area contributed by atoms with E-state index in [1.165, 1.54) is 56.7 Å². The van der Waals surface area contributed by atoms with Crippen molar-refractivity contribution in [2.75, 3.05) is 34.0 Å². The van der Waals surface area contributed by atoms with E-state index in [0.29, 0.717) is 32.4 Å². The molecule has 0 bridgehead atoms. The second kappa shape index (κ2) is 8.04. The standard InChI is InChI=1S/C25H12O10S5/c1-8(13-21(36-1)31-3-26-13)18-10(15-23(38-18)33-5-28-15)11-16-24(34-6-29-16)40-20(11)12-17-25(35-7-30-17)39-19(12)9-2-37-22-14(9)27-4-32-22/h1-2H,3-7H2. The predicted molar refractivity (Wildman–Crippen MR) is 148 cm³/mol. The molecule has 5 aliphatic rings. The highest BCUT2D eigenvalue weighted by atomic mass is 32.1. The highest BCUT2D eigenvalue weighted by molar-refractivity contribution is 7.22. The summed E-state index contributed by atoms with van der Waals surface area (Å²) in [5, 5.41) is 7.68. The van der Waals surface area contributed by atoms with Gasteiger partial charge < -0.3 is 47.4 Å². The lowest BCUT2D eigenvalue weighted by molar-refractivity contribution is 0.174. The first kappa shape index (κ1) is 22.2. The van der Waals surface area contributed by atoms with Crippen molar-refractivity contribution >= 4 is 56.7 Å². The summed E-state index contributed by atoms with van der Waals surface area (Å²) >= 11 is 7.54. The monoisotopic (exact) mass is 632 g/mol. The number of fused-ring (bicyclic) bond motifs is 5. The number of thiophene rings is 5. The molecule has 0 radical (unpaired) electrons. The van der Waals surface area contributed by atoms with Gasteiger partial charge in [-0.05, 0) is 0 Å². The van der Waals surface area contributed by atoms with E-state index in [1.807, 2.05) is 10.8 Å². The van der Waals surface area contributed by atoms with Crippen molar-refractivity contribution < 1.29 is 47.4 Å². The zero-order chi connectivity index (χ0) is 25.9. The molecule has 202 valence electrons. The molecule has 5 aromatic heterocycles. The quantitative estimate of drug-likeness (QED) is 0.201. The van der Waals surface area contributed by atoms with Crippen LogP contribution in [0.4, 0.5) is 0 Å². The zero-order valence-corrected chi connectivity index (χ0v) is 23.9. The SMILES string of the molecule is c1sc2c(c1-c1sc3c(c1-c1sc4c(c1-c1c(-c5csc6c5OCO6)sc5c1OCO5)OCO4)OCO3)OCO2. The average molecular weight is 633 g/mol. The van der Waals surface area contributed by atoms with E-state index in [4.69, 9.17) is 47.4 Å². The summed E-state index contributed by atoms with van der Waals surface area (Å²) in [5.41, 5.74) is 4.43. The Labute approximate surface area is 244 Å². The smallest absolute Gasteiger partial charge is 0.232 e. The molecule has 0 unspecified atom stereocenters. The van der Waals surface area contributed by atoms with Gasteiger partial charge in [0, 0.05) is 21.9 Å². The Morgan fingerprint density at radius 2 is 0.750 bits per heavy atom. The molecule has 10 heterocycles. The molecule has 10 rings (SSSR count). The molecule has 0 amide bonds. The van der Waals surface area contributed by atoms with E-state index in [0.717, 1.165) is 64.1 Å². The van der Waals surface area contributed by atoms with Crippen LogP contribution in [0.5, 0.6) is 54.1 Å². The van der Waals surface area contributed by atoms with E-state index in [9.17, 15) is 0 Å². The molecule has 0 atom stereocenters. The molecule has 0 spiro atoms. The normalized spacial score (nSPS) is 16.5. The topological polar surface area (TPSA) is 92.3 Å². The lowest BCUT2D eigenvalue weighted by Gasteiger charge is -2.11. The van der Waals surface area contributed by atoms with Gasteiger partial charge in [-0.2, -0.15) is 0 Å². The van der Waals surface area contributed by atoms with Gasteiger partial charge in [0.15, 0.2) is 28.7 Å². The highest BCUT2D eigenvalue weighted by Gasteiger charge is 2.41. The van der Waals surface area contributed by atoms with Gasteiger partial charge in [0.05, 0.1) is 31.3 Å². The largest absolute Gasteiger partial charge is 0.452 e. The Hall–Kier alpha value is -3.50. The first-order valence-corrected chi connectivity index (χ1v) is 16.1. The van der Waals surface area contributed by atoms with Crippen LogP contribution in [0.25, 0.3) is 42.4 Å². The van der Waals surface area contributed by atoms with Crippen LogP contribution in [0, 0.1) is 0 Å². The van der Waals surface area contributed by atoms with Crippen LogP contribution in [0.3, 0.4) is 0 Å². The van der Waals surface area contributed by atoms with Crippen molar-refractivity contribution in [1.82, 2.24) is 0 Å². The van der Waals surface area contributed by atoms with Crippen LogP contribution in [-0.4, -0.2) is 34.0 Å². The van der Waals surface area contributed by atoms with Gasteiger partial charge in [-0.15, -0.1) is 22.7 Å². The van der Waals surface area contributed by atoms with Gasteiger partial charge in [0.1, 0.15) is 0 Å². The minimum atomic E-state index is 0.135. The Balaban J connectivity index is 1.26. The summed E-state index contributed by atoms with van der Waals surface area (Å²) < 4.78 is 59.0. The minimum absolute atomic E-state index is 0.135. The fourth-order valence-electron chi connectivity index (χ4n) is 5.23. The Morgan fingerprint density at radius 1 is 0.375 bits per heavy atom. The van der Waals surface area contributed by atoms with Crippen molar-refractivity contribution in [1.29, 1.82) is 0 Å². The molecule has 0 aromatic carbocycles. The van der Waals surface area contributed by atoms with E-state index in [-0.39, 0.29) is 34.0 Å². The number of ether oxygens (including phenoxy) is 10. The molecule has 5 aromatic rings. The second-order valence-electron chi connectivity index (χ2n) is 8.83. The molecule has 10 nitrogen and oxygen atoms in total. The molecule has 15 heteroatoms. The number of rotatable bonds is 4. The van der Waals surface area contributed by atoms with Crippen LogP contribution < -0.4 is 47.4 Å². The highest BCUT2D eigenvalue weighted by Crippen LogP contribution is 2.68. The van der Waals surface area contributed by atoms with Crippen molar-refractivity contribution in [2.45, 2.75) is 0 Å². The fraction of sp³-hybridized carbons (Fsp3) is 0.200. The zero-order valence-electron chi connectivity index (χ0n) is 19.8. The van der Waals surface area contributed by atoms with Crippen molar-refractivity contribution in [2.24, 2.45) is 0 Å². The Kier molecular flexibility index (Phi) is 4.47. The lowest BCUT2D eigenvalue weighted by Crippen LogP contribution is -1.98. The summed E-state index contributed by atoms with van der Waals surface area (Å²) in [6, 6.07) is 0. The first-order valence-electron chi connectivity index (χ1n) is 11.9. The minimum Gasteiger partial charge on any atom is -0.452 e. The lowest BCUT2D eigenvalue weighted by atomic mass is 9.98. The van der Waals surface area contributed by atoms with E-state index in [2.05, 4.69) is 0 Å². The maximum atomic E-state index is 6.11. The van der Waals surface area contributed by atoms with Gasteiger partial charge in [-0.3, -0.25) is 0 Å². The van der Waals surface area contributed by atoms with Crippen LogP contribution >= 0.6 is 56.7 Å². The molecule has 0 aliphatic carbocycles. The van der Waals surface area contributed by atoms with Crippen LogP contribution in [0.2, 0.25) is 0 Å². The summed E-state index contributed by atoms with van der Waals surface area (Å²) in [7, 11) is 0. The summed E-state index contributed by atoms with van der Waals surface area (Å²) in [5.74, 6) is 3.44. The van der Waals surface area contributed by atoms with Gasteiger partial charge in [-0.1, -0.05) is 34.0 Å². The Bertz CT molecular complexity index is 1870. The summed E-state index contributed by atoms with van der Waals surface area (Å²) in [4.78, 5) is 2.79. The van der Waals surface area contributed by atoms with E-state index >= 15 is 0 Å². The Morgan fingerprint density at radius 3 is 1.27 bits per heavy atom.